The first-order valence-corrected chi connectivity index (χ1v) is 11.8. The molecule has 2 fully saturated rings. The third-order valence-corrected chi connectivity index (χ3v) is 7.06. The van der Waals surface area contributed by atoms with Crippen LogP contribution >= 0.6 is 0 Å². The number of carboxylic acid groups (broad SMARTS) is 1. The Morgan fingerprint density at radius 1 is 1.00 bits per heavy atom. The van der Waals surface area contributed by atoms with Gasteiger partial charge in [-0.3, -0.25) is 4.79 Å². The number of alkyl carbamates (subject to hydrolysis) is 1. The highest BCUT2D eigenvalue weighted by Crippen LogP contribution is 2.44. The summed E-state index contributed by atoms with van der Waals surface area (Å²) in [5.74, 6) is -2.24. The first kappa shape index (κ1) is 23.3. The first-order valence-electron chi connectivity index (χ1n) is 11.8. The summed E-state index contributed by atoms with van der Waals surface area (Å²) in [6.07, 6.45) is -0.944. The fraction of sp³-hybridized carbons (Fsp3) is 0.423. The van der Waals surface area contributed by atoms with E-state index in [4.69, 9.17) is 14.2 Å². The average Bonchev–Trinajstić information content (AvgIpc) is 3.59. The third kappa shape index (κ3) is 4.74. The van der Waals surface area contributed by atoms with Gasteiger partial charge in [-0.2, -0.15) is 0 Å². The molecule has 9 nitrogen and oxygen atoms in total. The summed E-state index contributed by atoms with van der Waals surface area (Å²) < 4.78 is 16.3. The van der Waals surface area contributed by atoms with E-state index in [1.165, 1.54) is 0 Å². The van der Waals surface area contributed by atoms with Crippen LogP contribution in [0.2, 0.25) is 0 Å². The lowest BCUT2D eigenvalue weighted by Gasteiger charge is -2.21. The number of fused-ring (bicyclic) bond motifs is 3. The number of benzene rings is 2. The summed E-state index contributed by atoms with van der Waals surface area (Å²) in [5.41, 5.74) is 4.55. The Bertz CT molecular complexity index is 1070. The molecule has 3 N–H and O–H groups in total. The van der Waals surface area contributed by atoms with Crippen LogP contribution in [0, 0.1) is 11.8 Å². The van der Waals surface area contributed by atoms with Crippen LogP contribution in [0.1, 0.15) is 23.5 Å². The van der Waals surface area contributed by atoms with E-state index in [9.17, 15) is 19.5 Å². The quantitative estimate of drug-likeness (QED) is 0.555. The van der Waals surface area contributed by atoms with E-state index < -0.39 is 30.1 Å². The minimum absolute atomic E-state index is 0.0529. The minimum atomic E-state index is -1.03. The monoisotopic (exact) mass is 480 g/mol. The molecule has 2 heterocycles. The summed E-state index contributed by atoms with van der Waals surface area (Å²) in [5, 5.41) is 14.8. The van der Waals surface area contributed by atoms with E-state index in [1.54, 1.807) is 0 Å². The van der Waals surface area contributed by atoms with Crippen LogP contribution in [0.3, 0.4) is 0 Å². The number of hydrogen-bond acceptors (Lipinski definition) is 6. The van der Waals surface area contributed by atoms with Crippen molar-refractivity contribution in [2.24, 2.45) is 11.8 Å². The Hall–Kier alpha value is -3.43. The van der Waals surface area contributed by atoms with Gasteiger partial charge < -0.3 is 30.0 Å². The molecule has 2 amide bonds. The third-order valence-electron chi connectivity index (χ3n) is 7.06. The van der Waals surface area contributed by atoms with E-state index in [-0.39, 0.29) is 44.1 Å². The Morgan fingerprint density at radius 2 is 1.69 bits per heavy atom. The van der Waals surface area contributed by atoms with Gasteiger partial charge in [-0.05, 0) is 28.7 Å². The van der Waals surface area contributed by atoms with Crippen LogP contribution in [0.5, 0.6) is 0 Å². The molecule has 2 unspecified atom stereocenters. The molecule has 5 rings (SSSR count). The van der Waals surface area contributed by atoms with Gasteiger partial charge in [0, 0.05) is 25.0 Å². The fourth-order valence-electron chi connectivity index (χ4n) is 5.23. The highest BCUT2D eigenvalue weighted by molar-refractivity contribution is 5.81. The number of nitrogens with one attached hydrogen (secondary N) is 2. The molecule has 2 aromatic rings. The summed E-state index contributed by atoms with van der Waals surface area (Å²) in [6, 6.07) is 15.7. The number of aliphatic carboxylic acids is 1. The molecule has 2 saturated heterocycles. The molecule has 2 aromatic carbocycles. The van der Waals surface area contributed by atoms with Crippen molar-refractivity contribution in [2.45, 2.75) is 24.5 Å². The summed E-state index contributed by atoms with van der Waals surface area (Å²) >= 11 is 0. The predicted molar refractivity (Wildman–Crippen MR) is 125 cm³/mol. The second-order valence-corrected chi connectivity index (χ2v) is 9.14. The molecule has 2 aliphatic heterocycles. The summed E-state index contributed by atoms with van der Waals surface area (Å²) in [7, 11) is 0. The Kier molecular flexibility index (Phi) is 6.70. The van der Waals surface area contributed by atoms with Crippen molar-refractivity contribution in [2.75, 3.05) is 33.0 Å². The largest absolute Gasteiger partial charge is 0.479 e. The molecular weight excluding hydrogens is 452 g/mol. The Balaban J connectivity index is 1.15. The van der Waals surface area contributed by atoms with Crippen LogP contribution < -0.4 is 10.6 Å². The molecule has 4 atom stereocenters. The van der Waals surface area contributed by atoms with E-state index in [0.717, 1.165) is 22.3 Å². The van der Waals surface area contributed by atoms with Gasteiger partial charge in [-0.25, -0.2) is 9.59 Å². The number of carboxylic acids is 1. The molecule has 3 aliphatic rings. The smallest absolute Gasteiger partial charge is 0.407 e. The normalized spacial score (nSPS) is 25.0. The zero-order valence-corrected chi connectivity index (χ0v) is 19.1. The van der Waals surface area contributed by atoms with E-state index in [2.05, 4.69) is 34.9 Å². The van der Waals surface area contributed by atoms with Crippen LogP contribution in [0.15, 0.2) is 48.5 Å². The summed E-state index contributed by atoms with van der Waals surface area (Å²) in [4.78, 5) is 36.6. The molecule has 1 aliphatic carbocycles. The maximum absolute atomic E-state index is 12.7. The van der Waals surface area contributed by atoms with Gasteiger partial charge >= 0.3 is 12.1 Å². The van der Waals surface area contributed by atoms with Gasteiger partial charge in [-0.1, -0.05) is 48.5 Å². The molecular formula is C26H28N2O7. The number of rotatable bonds is 7. The van der Waals surface area contributed by atoms with E-state index >= 15 is 0 Å². The average molecular weight is 481 g/mol. The highest BCUT2D eigenvalue weighted by atomic mass is 16.6. The maximum atomic E-state index is 12.7. The molecule has 0 radical (unpaired) electrons. The Morgan fingerprint density at radius 3 is 2.37 bits per heavy atom. The second kappa shape index (κ2) is 10.1. The van der Waals surface area contributed by atoms with Gasteiger partial charge in [0.05, 0.1) is 25.2 Å². The van der Waals surface area contributed by atoms with Crippen LogP contribution in [0.25, 0.3) is 11.1 Å². The first-order chi connectivity index (χ1) is 17.0. The van der Waals surface area contributed by atoms with Gasteiger partial charge in [0.2, 0.25) is 5.91 Å². The van der Waals surface area contributed by atoms with Crippen LogP contribution in [-0.4, -0.2) is 68.2 Å². The molecule has 0 aromatic heterocycles. The molecule has 0 bridgehead atoms. The number of hydrogen-bond donors (Lipinski definition) is 3. The van der Waals surface area contributed by atoms with E-state index in [0.29, 0.717) is 13.0 Å². The number of amides is 2. The SMILES string of the molecule is O=C(NC1COCC1C(=O)NC[C@@H]1CCO[C@@H]1C(=O)O)OCC1c2ccccc2-c2ccccc21. The van der Waals surface area contributed by atoms with Crippen molar-refractivity contribution in [1.29, 1.82) is 0 Å². The standard InChI is InChI=1S/C26H28N2O7/c29-24(27-11-15-9-10-34-23(15)25(30)31)21-12-33-14-22(21)28-26(32)35-13-20-18-7-3-1-5-16(18)17-6-2-4-8-19(17)20/h1-8,15,20-23H,9-14H2,(H,27,29)(H,28,32)(H,30,31)/t15-,21?,22?,23-/m0/s1. The molecule has 35 heavy (non-hydrogen) atoms. The van der Waals surface area contributed by atoms with E-state index in [1.807, 2.05) is 24.3 Å². The van der Waals surface area contributed by atoms with Gasteiger partial charge in [-0.15, -0.1) is 0 Å². The van der Waals surface area contributed by atoms with Gasteiger partial charge in [0.15, 0.2) is 6.10 Å². The minimum Gasteiger partial charge on any atom is -0.479 e. The number of carbonyl (C=O) groups excluding carboxylic acids is 2. The topological polar surface area (TPSA) is 123 Å². The maximum Gasteiger partial charge on any atom is 0.407 e. The number of ether oxygens (including phenoxy) is 3. The van der Waals surface area contributed by atoms with Crippen molar-refractivity contribution in [1.82, 2.24) is 10.6 Å². The van der Waals surface area contributed by atoms with Crippen molar-refractivity contribution >= 4 is 18.0 Å². The van der Waals surface area contributed by atoms with Crippen LogP contribution in [0.4, 0.5) is 4.79 Å². The highest BCUT2D eigenvalue weighted by Gasteiger charge is 2.38. The molecule has 184 valence electrons. The lowest BCUT2D eigenvalue weighted by molar-refractivity contribution is -0.149. The zero-order chi connectivity index (χ0) is 24.4. The van der Waals surface area contributed by atoms with Crippen molar-refractivity contribution in [3.63, 3.8) is 0 Å². The van der Waals surface area contributed by atoms with Gasteiger partial charge in [0.1, 0.15) is 6.61 Å². The van der Waals surface area contributed by atoms with Crippen molar-refractivity contribution in [3.8, 4) is 11.1 Å². The van der Waals surface area contributed by atoms with Crippen molar-refractivity contribution < 1.29 is 33.7 Å². The van der Waals surface area contributed by atoms with Crippen molar-refractivity contribution in [3.05, 3.63) is 59.7 Å². The molecule has 9 heteroatoms. The summed E-state index contributed by atoms with van der Waals surface area (Å²) in [6.45, 7) is 1.11. The second-order valence-electron chi connectivity index (χ2n) is 9.14. The lowest BCUT2D eigenvalue weighted by Crippen LogP contribution is -2.47. The van der Waals surface area contributed by atoms with Crippen LogP contribution in [-0.2, 0) is 23.8 Å². The lowest BCUT2D eigenvalue weighted by atomic mass is 9.98. The predicted octanol–water partition coefficient (Wildman–Crippen LogP) is 2.15. The Labute approximate surface area is 202 Å². The molecule has 0 spiro atoms. The van der Waals surface area contributed by atoms with Gasteiger partial charge in [0.25, 0.3) is 0 Å². The fourth-order valence-corrected chi connectivity index (χ4v) is 5.23. The molecule has 0 saturated carbocycles. The number of carbonyl (C=O) groups is 3. The zero-order valence-electron chi connectivity index (χ0n) is 19.1.